The first kappa shape index (κ1) is 13.9. The number of fused-ring (bicyclic) bond motifs is 2. The van der Waals surface area contributed by atoms with Gasteiger partial charge in [0.2, 0.25) is 0 Å². The standard InChI is InChI=1S/C15H12N6OSe/c1-7-10-14(21(20-7)8-5-3-2-4-6-8)19-15-11(18-10)9(16)12(23-15)13(17)22/h2-6H,16H2,1H3,(H2,17,22). The Bertz CT molecular complexity index is 1070. The van der Waals surface area contributed by atoms with Gasteiger partial charge in [0.05, 0.1) is 0 Å². The first-order chi connectivity index (χ1) is 11.1. The Hall–Kier alpha value is -2.70. The quantitative estimate of drug-likeness (QED) is 0.511. The molecule has 0 saturated carbocycles. The molecule has 23 heavy (non-hydrogen) atoms. The van der Waals surface area contributed by atoms with Crippen LogP contribution in [0.1, 0.15) is 14.9 Å². The Labute approximate surface area is 136 Å². The van der Waals surface area contributed by atoms with Gasteiger partial charge in [0, 0.05) is 0 Å². The van der Waals surface area contributed by atoms with E-state index >= 15 is 0 Å². The van der Waals surface area contributed by atoms with Crippen molar-refractivity contribution in [3.05, 3.63) is 40.5 Å². The van der Waals surface area contributed by atoms with Crippen LogP contribution in [0.25, 0.3) is 26.8 Å². The van der Waals surface area contributed by atoms with E-state index < -0.39 is 5.91 Å². The van der Waals surface area contributed by atoms with Crippen LogP contribution in [0.15, 0.2) is 30.3 Å². The van der Waals surface area contributed by atoms with Gasteiger partial charge in [-0.3, -0.25) is 0 Å². The van der Waals surface area contributed by atoms with Crippen LogP contribution in [0.4, 0.5) is 5.69 Å². The van der Waals surface area contributed by atoms with E-state index in [1.54, 1.807) is 4.68 Å². The molecule has 0 spiro atoms. The number of aromatic nitrogens is 4. The van der Waals surface area contributed by atoms with E-state index in [1.807, 2.05) is 37.3 Å². The molecule has 4 rings (SSSR count). The molecule has 0 aliphatic heterocycles. The molecule has 7 nitrogen and oxygen atoms in total. The minimum atomic E-state index is -0.507. The van der Waals surface area contributed by atoms with Crippen molar-refractivity contribution < 1.29 is 4.79 Å². The van der Waals surface area contributed by atoms with Crippen molar-refractivity contribution in [1.29, 1.82) is 0 Å². The third-order valence-corrected chi connectivity index (χ3v) is 5.88. The fourth-order valence-electron chi connectivity index (χ4n) is 2.48. The molecule has 0 bridgehead atoms. The van der Waals surface area contributed by atoms with Crippen molar-refractivity contribution in [1.82, 2.24) is 19.7 Å². The van der Waals surface area contributed by atoms with Crippen LogP contribution in [0, 0.1) is 6.92 Å². The number of benzene rings is 1. The number of primary amides is 1. The second-order valence-electron chi connectivity index (χ2n) is 5.09. The number of carbonyl (C=O) groups is 1. The molecule has 0 fully saturated rings. The second-order valence-corrected chi connectivity index (χ2v) is 7.19. The number of nitrogen functional groups attached to an aromatic ring is 1. The average Bonchev–Trinajstić information content (AvgIpc) is 3.05. The zero-order valence-corrected chi connectivity index (χ0v) is 13.9. The van der Waals surface area contributed by atoms with Crippen molar-refractivity contribution in [2.75, 3.05) is 5.73 Å². The zero-order chi connectivity index (χ0) is 16.1. The normalized spacial score (nSPS) is 11.3. The van der Waals surface area contributed by atoms with E-state index in [-0.39, 0.29) is 14.5 Å². The average molecular weight is 371 g/mol. The molecule has 0 unspecified atom stereocenters. The van der Waals surface area contributed by atoms with Gasteiger partial charge in [-0.15, -0.1) is 0 Å². The van der Waals surface area contributed by atoms with Gasteiger partial charge in [-0.25, -0.2) is 0 Å². The van der Waals surface area contributed by atoms with E-state index in [9.17, 15) is 4.79 Å². The third-order valence-electron chi connectivity index (χ3n) is 3.56. The number of hydrogen-bond donors (Lipinski definition) is 2. The summed E-state index contributed by atoms with van der Waals surface area (Å²) in [5.41, 5.74) is 15.3. The Balaban J connectivity index is 2.07. The van der Waals surface area contributed by atoms with Crippen molar-refractivity contribution >= 4 is 47.2 Å². The van der Waals surface area contributed by atoms with Gasteiger partial charge < -0.3 is 0 Å². The third kappa shape index (κ3) is 2.03. The van der Waals surface area contributed by atoms with Crippen LogP contribution in [0.3, 0.4) is 0 Å². The van der Waals surface area contributed by atoms with Gasteiger partial charge in [-0.05, 0) is 0 Å². The molecule has 0 radical (unpaired) electrons. The summed E-state index contributed by atoms with van der Waals surface area (Å²) in [6.07, 6.45) is 0. The molecule has 3 aromatic heterocycles. The SMILES string of the molecule is Cc1nn(-c2ccccc2)c2nc3[se]c(C(N)=O)c(N)c3nc12. The molecule has 8 heteroatoms. The summed E-state index contributed by atoms with van der Waals surface area (Å²) in [6, 6.07) is 9.72. The molecule has 0 saturated heterocycles. The van der Waals surface area contributed by atoms with Crippen LogP contribution in [-0.4, -0.2) is 40.2 Å². The zero-order valence-electron chi connectivity index (χ0n) is 12.1. The molecule has 4 N–H and O–H groups in total. The van der Waals surface area contributed by atoms with Crippen molar-refractivity contribution in [2.45, 2.75) is 6.92 Å². The summed E-state index contributed by atoms with van der Waals surface area (Å²) >= 11 is -0.327. The number of para-hydroxylation sites is 1. The molecular formula is C15H12N6OSe. The van der Waals surface area contributed by atoms with Gasteiger partial charge in [-0.1, -0.05) is 0 Å². The van der Waals surface area contributed by atoms with Gasteiger partial charge >= 0.3 is 136 Å². The minimum absolute atomic E-state index is 0.327. The van der Waals surface area contributed by atoms with Gasteiger partial charge in [0.25, 0.3) is 0 Å². The molecule has 4 aromatic rings. The van der Waals surface area contributed by atoms with E-state index in [0.29, 0.717) is 31.2 Å². The summed E-state index contributed by atoms with van der Waals surface area (Å²) < 4.78 is 2.90. The number of amides is 1. The number of rotatable bonds is 2. The number of nitrogens with zero attached hydrogens (tertiary/aromatic N) is 4. The number of nitrogens with two attached hydrogens (primary N) is 2. The number of aryl methyl sites for hydroxylation is 1. The Morgan fingerprint density at radius 3 is 2.61 bits per heavy atom. The van der Waals surface area contributed by atoms with Crippen LogP contribution >= 0.6 is 0 Å². The van der Waals surface area contributed by atoms with Gasteiger partial charge in [0.15, 0.2) is 0 Å². The van der Waals surface area contributed by atoms with Crippen LogP contribution in [-0.2, 0) is 0 Å². The van der Waals surface area contributed by atoms with E-state index in [2.05, 4.69) is 15.1 Å². The number of anilines is 1. The summed E-state index contributed by atoms with van der Waals surface area (Å²) in [4.78, 5) is 20.8. The Morgan fingerprint density at radius 1 is 1.17 bits per heavy atom. The van der Waals surface area contributed by atoms with Crippen LogP contribution in [0.2, 0.25) is 0 Å². The molecule has 0 aliphatic carbocycles. The first-order valence-corrected chi connectivity index (χ1v) is 8.58. The van der Waals surface area contributed by atoms with Gasteiger partial charge in [-0.2, -0.15) is 0 Å². The summed E-state index contributed by atoms with van der Waals surface area (Å²) in [5, 5.41) is 4.53. The number of hydrogen-bond acceptors (Lipinski definition) is 5. The fourth-order valence-corrected chi connectivity index (χ4v) is 4.34. The van der Waals surface area contributed by atoms with Crippen molar-refractivity contribution in [3.8, 4) is 5.69 Å². The summed E-state index contributed by atoms with van der Waals surface area (Å²) in [6.45, 7) is 1.87. The van der Waals surface area contributed by atoms with Crippen molar-refractivity contribution in [3.63, 3.8) is 0 Å². The molecule has 1 amide bonds. The second kappa shape index (κ2) is 4.90. The molecule has 114 valence electrons. The molecule has 3 heterocycles. The van der Waals surface area contributed by atoms with E-state index in [0.717, 1.165) is 11.4 Å². The summed E-state index contributed by atoms with van der Waals surface area (Å²) in [7, 11) is 0. The predicted octanol–water partition coefficient (Wildman–Crippen LogP) is 1.02. The maximum atomic E-state index is 11.5. The molecular weight excluding hydrogens is 359 g/mol. The topological polar surface area (TPSA) is 113 Å². The molecule has 1 aromatic carbocycles. The Kier molecular flexibility index (Phi) is 2.97. The van der Waals surface area contributed by atoms with Gasteiger partial charge in [0.1, 0.15) is 0 Å². The molecule has 0 atom stereocenters. The fraction of sp³-hybridized carbons (Fsp3) is 0.0667. The predicted molar refractivity (Wildman–Crippen MR) is 88.8 cm³/mol. The van der Waals surface area contributed by atoms with Crippen LogP contribution < -0.4 is 11.5 Å². The van der Waals surface area contributed by atoms with Crippen LogP contribution in [0.5, 0.6) is 0 Å². The van der Waals surface area contributed by atoms with E-state index in [1.165, 1.54) is 0 Å². The molecule has 0 aliphatic rings. The van der Waals surface area contributed by atoms with E-state index in [4.69, 9.17) is 11.5 Å². The Morgan fingerprint density at radius 2 is 1.91 bits per heavy atom. The summed E-state index contributed by atoms with van der Waals surface area (Å²) in [5.74, 6) is -0.507. The number of carbonyl (C=O) groups excluding carboxylic acids is 1. The monoisotopic (exact) mass is 372 g/mol. The van der Waals surface area contributed by atoms with Crippen molar-refractivity contribution in [2.24, 2.45) is 5.73 Å². The maximum absolute atomic E-state index is 11.5. The first-order valence-electron chi connectivity index (χ1n) is 6.87.